The lowest BCUT2D eigenvalue weighted by Gasteiger charge is -2.34. The number of hydrogen-bond acceptors (Lipinski definition) is 4. The van der Waals surface area contributed by atoms with E-state index in [2.05, 4.69) is 0 Å². The number of carboxylic acids is 1. The van der Waals surface area contributed by atoms with Gasteiger partial charge in [0.05, 0.1) is 11.0 Å². The van der Waals surface area contributed by atoms with E-state index in [1.165, 1.54) is 24.3 Å². The summed E-state index contributed by atoms with van der Waals surface area (Å²) in [5.41, 5.74) is 0.676. The lowest BCUT2D eigenvalue weighted by Crippen LogP contribution is -2.39. The van der Waals surface area contributed by atoms with Crippen molar-refractivity contribution in [1.29, 1.82) is 0 Å². The summed E-state index contributed by atoms with van der Waals surface area (Å²) in [6.07, 6.45) is 0.598. The van der Waals surface area contributed by atoms with Crippen LogP contribution in [0.25, 0.3) is 0 Å². The van der Waals surface area contributed by atoms with Crippen LogP contribution in [0.2, 0.25) is 0 Å². The summed E-state index contributed by atoms with van der Waals surface area (Å²) in [6.45, 7) is 1.00. The number of carbonyl (C=O) groups excluding carboxylic acids is 1. The molecule has 0 aliphatic carbocycles. The predicted molar refractivity (Wildman–Crippen MR) is 91.3 cm³/mol. The second kappa shape index (κ2) is 7.33. The normalized spacial score (nSPS) is 16.6. The number of aromatic carboxylic acids is 1. The van der Waals surface area contributed by atoms with Crippen molar-refractivity contribution in [3.63, 3.8) is 0 Å². The van der Waals surface area contributed by atoms with E-state index in [9.17, 15) is 19.1 Å². The third-order valence-corrected chi connectivity index (χ3v) is 5.57. The van der Waals surface area contributed by atoms with Crippen LogP contribution in [0.4, 0.5) is 4.39 Å². The number of hydrogen-bond donors (Lipinski definition) is 2. The van der Waals surface area contributed by atoms with Crippen molar-refractivity contribution in [1.82, 2.24) is 4.90 Å². The summed E-state index contributed by atoms with van der Waals surface area (Å²) in [5, 5.41) is 19.4. The number of aliphatic hydroxyl groups is 1. The largest absolute Gasteiger partial charge is 0.477 e. The van der Waals surface area contributed by atoms with Gasteiger partial charge in [-0.3, -0.25) is 4.79 Å². The number of halogens is 1. The SMILES string of the molecule is O=C(O)c1ccc(C(=O)N2CCC(C(O)c3ccc(F)cc3)CC2)s1. The Bertz CT molecular complexity index is 766. The van der Waals surface area contributed by atoms with Crippen LogP contribution in [-0.2, 0) is 0 Å². The van der Waals surface area contributed by atoms with Gasteiger partial charge in [-0.05, 0) is 48.6 Å². The molecule has 1 aliphatic rings. The fourth-order valence-electron chi connectivity index (χ4n) is 3.07. The van der Waals surface area contributed by atoms with Gasteiger partial charge in [0.25, 0.3) is 5.91 Å². The molecule has 0 bridgehead atoms. The van der Waals surface area contributed by atoms with Gasteiger partial charge in [0.1, 0.15) is 10.7 Å². The number of carbonyl (C=O) groups is 2. The molecule has 0 spiro atoms. The average molecular weight is 363 g/mol. The van der Waals surface area contributed by atoms with Gasteiger partial charge in [-0.15, -0.1) is 11.3 Å². The molecule has 1 aliphatic heterocycles. The molecule has 132 valence electrons. The van der Waals surface area contributed by atoms with Gasteiger partial charge < -0.3 is 15.1 Å². The fourth-order valence-corrected chi connectivity index (χ4v) is 3.89. The number of piperidine rings is 1. The van der Waals surface area contributed by atoms with Crippen LogP contribution in [0, 0.1) is 11.7 Å². The number of aliphatic hydroxyl groups excluding tert-OH is 1. The molecule has 2 N–H and O–H groups in total. The summed E-state index contributed by atoms with van der Waals surface area (Å²) >= 11 is 0.972. The fraction of sp³-hybridized carbons (Fsp3) is 0.333. The molecule has 1 unspecified atom stereocenters. The Morgan fingerprint density at radius 1 is 1.08 bits per heavy atom. The van der Waals surface area contributed by atoms with Crippen LogP contribution in [0.5, 0.6) is 0 Å². The molecule has 0 saturated carbocycles. The van der Waals surface area contributed by atoms with Crippen LogP contribution in [0.15, 0.2) is 36.4 Å². The molecule has 0 radical (unpaired) electrons. The zero-order valence-corrected chi connectivity index (χ0v) is 14.2. The molecule has 3 rings (SSSR count). The minimum absolute atomic E-state index is 0.00688. The zero-order valence-electron chi connectivity index (χ0n) is 13.4. The third kappa shape index (κ3) is 3.88. The minimum Gasteiger partial charge on any atom is -0.477 e. The Kier molecular flexibility index (Phi) is 5.15. The number of rotatable bonds is 4. The summed E-state index contributed by atoms with van der Waals surface area (Å²) in [6, 6.07) is 8.79. The molecule has 1 saturated heterocycles. The van der Waals surface area contributed by atoms with Crippen LogP contribution in [0.1, 0.15) is 43.9 Å². The van der Waals surface area contributed by atoms with Gasteiger partial charge in [-0.2, -0.15) is 0 Å². The van der Waals surface area contributed by atoms with E-state index < -0.39 is 12.1 Å². The Labute approximate surface area is 148 Å². The Hall–Kier alpha value is -2.25. The van der Waals surface area contributed by atoms with E-state index in [0.717, 1.165) is 11.3 Å². The van der Waals surface area contributed by atoms with Gasteiger partial charge >= 0.3 is 5.97 Å². The van der Waals surface area contributed by atoms with Crippen molar-refractivity contribution >= 4 is 23.2 Å². The molecular weight excluding hydrogens is 345 g/mol. The van der Waals surface area contributed by atoms with Gasteiger partial charge in [0.15, 0.2) is 0 Å². The van der Waals surface area contributed by atoms with E-state index in [-0.39, 0.29) is 22.5 Å². The molecule has 1 aromatic carbocycles. The van der Waals surface area contributed by atoms with E-state index in [1.807, 2.05) is 0 Å². The number of thiophene rings is 1. The van der Waals surface area contributed by atoms with Crippen LogP contribution >= 0.6 is 11.3 Å². The second-order valence-electron chi connectivity index (χ2n) is 6.10. The first-order valence-electron chi connectivity index (χ1n) is 8.01. The first-order chi connectivity index (χ1) is 12.0. The topological polar surface area (TPSA) is 77.8 Å². The van der Waals surface area contributed by atoms with Crippen molar-refractivity contribution in [3.8, 4) is 0 Å². The Morgan fingerprint density at radius 3 is 2.24 bits per heavy atom. The molecule has 1 fully saturated rings. The smallest absolute Gasteiger partial charge is 0.345 e. The van der Waals surface area contributed by atoms with E-state index in [0.29, 0.717) is 36.4 Å². The van der Waals surface area contributed by atoms with E-state index >= 15 is 0 Å². The Balaban J connectivity index is 1.60. The van der Waals surface area contributed by atoms with E-state index in [1.54, 1.807) is 17.0 Å². The molecule has 1 amide bonds. The number of amides is 1. The average Bonchev–Trinajstić information content (AvgIpc) is 3.12. The van der Waals surface area contributed by atoms with Crippen molar-refractivity contribution in [2.75, 3.05) is 13.1 Å². The highest BCUT2D eigenvalue weighted by molar-refractivity contribution is 7.15. The summed E-state index contributed by atoms with van der Waals surface area (Å²) < 4.78 is 13.0. The number of carboxylic acid groups (broad SMARTS) is 1. The second-order valence-corrected chi connectivity index (χ2v) is 7.18. The molecule has 2 aromatic rings. The number of benzene rings is 1. The molecule has 7 heteroatoms. The lowest BCUT2D eigenvalue weighted by atomic mass is 9.87. The molecule has 1 atom stereocenters. The maximum atomic E-state index is 13.0. The number of nitrogens with zero attached hydrogens (tertiary/aromatic N) is 1. The summed E-state index contributed by atoms with van der Waals surface area (Å²) in [5.74, 6) is -1.54. The lowest BCUT2D eigenvalue weighted by molar-refractivity contribution is 0.0465. The first-order valence-corrected chi connectivity index (χ1v) is 8.83. The van der Waals surface area contributed by atoms with Gasteiger partial charge in [-0.25, -0.2) is 9.18 Å². The third-order valence-electron chi connectivity index (χ3n) is 4.51. The van der Waals surface area contributed by atoms with Crippen LogP contribution in [-0.4, -0.2) is 40.1 Å². The highest BCUT2D eigenvalue weighted by Gasteiger charge is 2.29. The maximum absolute atomic E-state index is 13.0. The highest BCUT2D eigenvalue weighted by Crippen LogP contribution is 2.31. The summed E-state index contributed by atoms with van der Waals surface area (Å²) in [4.78, 5) is 25.6. The molecule has 5 nitrogen and oxygen atoms in total. The molecule has 2 heterocycles. The van der Waals surface area contributed by atoms with Crippen molar-refractivity contribution in [3.05, 3.63) is 57.5 Å². The first kappa shape index (κ1) is 17.6. The number of likely N-dealkylation sites (tertiary alicyclic amines) is 1. The highest BCUT2D eigenvalue weighted by atomic mass is 32.1. The van der Waals surface area contributed by atoms with Crippen molar-refractivity contribution in [2.24, 2.45) is 5.92 Å². The van der Waals surface area contributed by atoms with Gasteiger partial charge in [0.2, 0.25) is 0 Å². The van der Waals surface area contributed by atoms with Gasteiger partial charge in [0, 0.05) is 13.1 Å². The quantitative estimate of drug-likeness (QED) is 0.875. The van der Waals surface area contributed by atoms with E-state index in [4.69, 9.17) is 5.11 Å². The van der Waals surface area contributed by atoms with Crippen LogP contribution in [0.3, 0.4) is 0 Å². The molecular formula is C18H18FNO4S. The van der Waals surface area contributed by atoms with Crippen molar-refractivity contribution in [2.45, 2.75) is 18.9 Å². The van der Waals surface area contributed by atoms with Crippen molar-refractivity contribution < 1.29 is 24.2 Å². The minimum atomic E-state index is -1.04. The maximum Gasteiger partial charge on any atom is 0.345 e. The predicted octanol–water partition coefficient (Wildman–Crippen LogP) is 3.17. The standard InChI is InChI=1S/C18H18FNO4S/c19-13-3-1-11(2-4-13)16(21)12-7-9-20(10-8-12)17(22)14-5-6-15(25-14)18(23)24/h1-6,12,16,21H,7-10H2,(H,23,24). The molecule has 25 heavy (non-hydrogen) atoms. The van der Waals surface area contributed by atoms with Gasteiger partial charge in [-0.1, -0.05) is 12.1 Å². The van der Waals surface area contributed by atoms with Crippen LogP contribution < -0.4 is 0 Å². The molecule has 1 aromatic heterocycles. The zero-order chi connectivity index (χ0) is 18.0. The summed E-state index contributed by atoms with van der Waals surface area (Å²) in [7, 11) is 0. The Morgan fingerprint density at radius 2 is 1.68 bits per heavy atom. The monoisotopic (exact) mass is 363 g/mol.